The Balaban J connectivity index is 2.11. The maximum atomic E-state index is 12.4. The van der Waals surface area contributed by atoms with Crippen LogP contribution >= 0.6 is 0 Å². The van der Waals surface area contributed by atoms with E-state index in [1.165, 1.54) is 0 Å². The third-order valence-electron chi connectivity index (χ3n) is 4.00. The highest BCUT2D eigenvalue weighted by molar-refractivity contribution is 5.94. The summed E-state index contributed by atoms with van der Waals surface area (Å²) in [5, 5.41) is 21.7. The van der Waals surface area contributed by atoms with Crippen molar-refractivity contribution >= 4 is 11.9 Å². The number of aliphatic carboxylic acids is 1. The zero-order valence-electron chi connectivity index (χ0n) is 14.2. The molecule has 0 radical (unpaired) electrons. The van der Waals surface area contributed by atoms with Gasteiger partial charge < -0.3 is 15.5 Å². The molecular weight excluding hydrogens is 318 g/mol. The number of hydrogen-bond acceptors (Lipinski definition) is 3. The van der Waals surface area contributed by atoms with Gasteiger partial charge in [-0.25, -0.2) is 4.79 Å². The summed E-state index contributed by atoms with van der Waals surface area (Å²) in [5.74, 6) is -1.76. The minimum atomic E-state index is -1.68. The van der Waals surface area contributed by atoms with Crippen LogP contribution in [-0.4, -0.2) is 34.2 Å². The molecule has 0 fully saturated rings. The molecule has 0 aliphatic heterocycles. The van der Waals surface area contributed by atoms with Gasteiger partial charge in [0, 0.05) is 5.56 Å². The molecular formula is C20H23NO4. The Morgan fingerprint density at radius 2 is 1.64 bits per heavy atom. The highest BCUT2D eigenvalue weighted by atomic mass is 16.4. The zero-order valence-corrected chi connectivity index (χ0v) is 14.2. The standard InChI is InChI=1S/C20H23NO4/c1-2-6-14-9-11-16(12-10-14)19(23)21-17(18(22)20(24)25)13-15-7-4-3-5-8-15/h3-5,7-12,17-18,22H,2,6,13H2,1H3,(H,21,23)(H,24,25)/t17-,18-/m1/s1. The quantitative estimate of drug-likeness (QED) is 0.688. The maximum absolute atomic E-state index is 12.4. The molecule has 1 amide bonds. The summed E-state index contributed by atoms with van der Waals surface area (Å²) in [7, 11) is 0. The molecule has 3 N–H and O–H groups in total. The van der Waals surface area contributed by atoms with E-state index in [1.807, 2.05) is 42.5 Å². The average molecular weight is 341 g/mol. The van der Waals surface area contributed by atoms with Gasteiger partial charge in [-0.05, 0) is 36.1 Å². The van der Waals surface area contributed by atoms with E-state index in [2.05, 4.69) is 12.2 Å². The topological polar surface area (TPSA) is 86.6 Å². The molecule has 2 rings (SSSR count). The second kappa shape index (κ2) is 8.99. The highest BCUT2D eigenvalue weighted by Crippen LogP contribution is 2.10. The molecule has 5 nitrogen and oxygen atoms in total. The monoisotopic (exact) mass is 341 g/mol. The molecule has 2 aromatic rings. The zero-order chi connectivity index (χ0) is 18.2. The number of aliphatic hydroxyl groups is 1. The van der Waals surface area contributed by atoms with Crippen molar-refractivity contribution in [3.05, 3.63) is 71.3 Å². The first-order valence-electron chi connectivity index (χ1n) is 8.36. The molecule has 0 aromatic heterocycles. The molecule has 0 saturated carbocycles. The molecule has 2 atom stereocenters. The van der Waals surface area contributed by atoms with E-state index >= 15 is 0 Å². The molecule has 0 unspecified atom stereocenters. The number of aryl methyl sites for hydroxylation is 1. The SMILES string of the molecule is CCCc1ccc(C(=O)N[C@H](Cc2ccccc2)[C@@H](O)C(=O)O)cc1. The van der Waals surface area contributed by atoms with E-state index in [0.717, 1.165) is 24.0 Å². The normalized spacial score (nSPS) is 13.0. The minimum Gasteiger partial charge on any atom is -0.479 e. The van der Waals surface area contributed by atoms with Crippen LogP contribution in [0.4, 0.5) is 0 Å². The van der Waals surface area contributed by atoms with Gasteiger partial charge in [0.1, 0.15) is 0 Å². The van der Waals surface area contributed by atoms with Gasteiger partial charge in [0.25, 0.3) is 5.91 Å². The lowest BCUT2D eigenvalue weighted by Gasteiger charge is -2.21. The largest absolute Gasteiger partial charge is 0.479 e. The van der Waals surface area contributed by atoms with E-state index in [0.29, 0.717) is 5.56 Å². The van der Waals surface area contributed by atoms with Gasteiger partial charge in [-0.15, -0.1) is 0 Å². The number of rotatable bonds is 8. The Morgan fingerprint density at radius 3 is 2.20 bits per heavy atom. The number of hydrogen-bond donors (Lipinski definition) is 3. The lowest BCUT2D eigenvalue weighted by atomic mass is 10.0. The van der Waals surface area contributed by atoms with Crippen molar-refractivity contribution in [3.63, 3.8) is 0 Å². The Hall–Kier alpha value is -2.66. The number of aliphatic hydroxyl groups excluding tert-OH is 1. The van der Waals surface area contributed by atoms with E-state index in [4.69, 9.17) is 5.11 Å². The van der Waals surface area contributed by atoms with Crippen molar-refractivity contribution in [2.45, 2.75) is 38.3 Å². The number of carboxylic acid groups (broad SMARTS) is 1. The van der Waals surface area contributed by atoms with E-state index in [9.17, 15) is 14.7 Å². The minimum absolute atomic E-state index is 0.230. The summed E-state index contributed by atoms with van der Waals surface area (Å²) in [4.78, 5) is 23.6. The molecule has 0 aliphatic rings. The average Bonchev–Trinajstić information content (AvgIpc) is 2.62. The molecule has 0 saturated heterocycles. The fourth-order valence-electron chi connectivity index (χ4n) is 2.64. The lowest BCUT2D eigenvalue weighted by molar-refractivity contribution is -0.148. The van der Waals surface area contributed by atoms with Gasteiger partial charge in [0.05, 0.1) is 6.04 Å². The van der Waals surface area contributed by atoms with Gasteiger partial charge in [-0.3, -0.25) is 4.79 Å². The molecule has 0 aliphatic carbocycles. The van der Waals surface area contributed by atoms with Crippen LogP contribution in [0.15, 0.2) is 54.6 Å². The second-order valence-electron chi connectivity index (χ2n) is 6.00. The number of carbonyl (C=O) groups excluding carboxylic acids is 1. The summed E-state index contributed by atoms with van der Waals surface area (Å²) >= 11 is 0. The summed E-state index contributed by atoms with van der Waals surface area (Å²) in [6.45, 7) is 2.09. The molecule has 0 heterocycles. The molecule has 5 heteroatoms. The molecule has 2 aromatic carbocycles. The molecule has 25 heavy (non-hydrogen) atoms. The third-order valence-corrected chi connectivity index (χ3v) is 4.00. The van der Waals surface area contributed by atoms with Gasteiger partial charge in [0.15, 0.2) is 6.10 Å². The Kier molecular flexibility index (Phi) is 6.71. The van der Waals surface area contributed by atoms with Crippen molar-refractivity contribution in [1.29, 1.82) is 0 Å². The van der Waals surface area contributed by atoms with Crippen molar-refractivity contribution in [2.24, 2.45) is 0 Å². The Labute approximate surface area is 147 Å². The van der Waals surface area contributed by atoms with Crippen LogP contribution in [0.25, 0.3) is 0 Å². The van der Waals surface area contributed by atoms with Crippen LogP contribution in [0, 0.1) is 0 Å². The summed E-state index contributed by atoms with van der Waals surface area (Å²) in [5.41, 5.74) is 2.42. The van der Waals surface area contributed by atoms with Crippen LogP contribution in [0.1, 0.15) is 34.8 Å². The van der Waals surface area contributed by atoms with Crippen LogP contribution in [0.2, 0.25) is 0 Å². The van der Waals surface area contributed by atoms with Gasteiger partial charge in [0.2, 0.25) is 0 Å². The number of nitrogens with one attached hydrogen (secondary N) is 1. The molecule has 0 bridgehead atoms. The fourth-order valence-corrected chi connectivity index (χ4v) is 2.64. The van der Waals surface area contributed by atoms with Crippen LogP contribution in [0.3, 0.4) is 0 Å². The maximum Gasteiger partial charge on any atom is 0.334 e. The Morgan fingerprint density at radius 1 is 1.00 bits per heavy atom. The first kappa shape index (κ1) is 18.7. The van der Waals surface area contributed by atoms with Gasteiger partial charge >= 0.3 is 5.97 Å². The molecule has 132 valence electrons. The molecule has 0 spiro atoms. The number of carboxylic acids is 1. The smallest absolute Gasteiger partial charge is 0.334 e. The van der Waals surface area contributed by atoms with Crippen molar-refractivity contribution in [3.8, 4) is 0 Å². The number of carbonyl (C=O) groups is 2. The van der Waals surface area contributed by atoms with E-state index < -0.39 is 24.0 Å². The first-order valence-corrected chi connectivity index (χ1v) is 8.36. The summed E-state index contributed by atoms with van der Waals surface area (Å²) in [6, 6.07) is 15.4. The highest BCUT2D eigenvalue weighted by Gasteiger charge is 2.27. The van der Waals surface area contributed by atoms with Crippen molar-refractivity contribution in [1.82, 2.24) is 5.32 Å². The van der Waals surface area contributed by atoms with Gasteiger partial charge in [-0.2, -0.15) is 0 Å². The van der Waals surface area contributed by atoms with E-state index in [-0.39, 0.29) is 6.42 Å². The van der Waals surface area contributed by atoms with E-state index in [1.54, 1.807) is 12.1 Å². The predicted octanol–water partition coefficient (Wildman–Crippen LogP) is 2.43. The number of benzene rings is 2. The fraction of sp³-hybridized carbons (Fsp3) is 0.300. The first-order chi connectivity index (χ1) is 12.0. The van der Waals surface area contributed by atoms with Crippen LogP contribution in [0.5, 0.6) is 0 Å². The van der Waals surface area contributed by atoms with Crippen LogP contribution < -0.4 is 5.32 Å². The van der Waals surface area contributed by atoms with Crippen molar-refractivity contribution < 1.29 is 19.8 Å². The van der Waals surface area contributed by atoms with Crippen LogP contribution in [-0.2, 0) is 17.6 Å². The van der Waals surface area contributed by atoms with Crippen molar-refractivity contribution in [2.75, 3.05) is 0 Å². The predicted molar refractivity (Wildman–Crippen MR) is 95.5 cm³/mol. The Bertz CT molecular complexity index is 697. The lowest BCUT2D eigenvalue weighted by Crippen LogP contribution is -2.48. The third kappa shape index (κ3) is 5.43. The summed E-state index contributed by atoms with van der Waals surface area (Å²) in [6.07, 6.45) is 0.517. The second-order valence-corrected chi connectivity index (χ2v) is 6.00. The summed E-state index contributed by atoms with van der Waals surface area (Å²) < 4.78 is 0. The van der Waals surface area contributed by atoms with Gasteiger partial charge in [-0.1, -0.05) is 55.8 Å². The number of amides is 1.